The maximum atomic E-state index is 12.9. The average Bonchev–Trinajstić information content (AvgIpc) is 3.31. The third kappa shape index (κ3) is 4.88. The Kier molecular flexibility index (Phi) is 7.22. The predicted octanol–water partition coefficient (Wildman–Crippen LogP) is 3.47. The summed E-state index contributed by atoms with van der Waals surface area (Å²) in [6.07, 6.45) is 2.45. The first-order valence-corrected chi connectivity index (χ1v) is 10.9. The Morgan fingerprint density at radius 2 is 2.07 bits per heavy atom. The smallest absolute Gasteiger partial charge is 0.344 e. The van der Waals surface area contributed by atoms with Gasteiger partial charge in [-0.1, -0.05) is 24.8 Å². The van der Waals surface area contributed by atoms with Crippen LogP contribution in [0, 0.1) is 5.41 Å². The zero-order valence-electron chi connectivity index (χ0n) is 16.8. The highest BCUT2D eigenvalue weighted by Crippen LogP contribution is 2.42. The van der Waals surface area contributed by atoms with Gasteiger partial charge in [0.1, 0.15) is 15.9 Å². The first-order chi connectivity index (χ1) is 14.5. The van der Waals surface area contributed by atoms with E-state index in [9.17, 15) is 9.59 Å². The number of methoxy groups -OCH3 is 1. The summed E-state index contributed by atoms with van der Waals surface area (Å²) in [6, 6.07) is 5.12. The SMILES string of the molecule is CCOC(=O)COc1ccc(/C=C2\SC(=N)[C@@H](c3nnc(CC)s3)C2=O)cc1OC. The van der Waals surface area contributed by atoms with Crippen molar-refractivity contribution in [3.63, 3.8) is 0 Å². The van der Waals surface area contributed by atoms with Crippen LogP contribution in [0.4, 0.5) is 0 Å². The Morgan fingerprint density at radius 1 is 1.27 bits per heavy atom. The summed E-state index contributed by atoms with van der Waals surface area (Å²) in [5, 5.41) is 18.0. The number of aryl methyl sites for hydroxylation is 1. The summed E-state index contributed by atoms with van der Waals surface area (Å²) in [6.45, 7) is 3.75. The van der Waals surface area contributed by atoms with Crippen LogP contribution in [0.25, 0.3) is 6.08 Å². The molecule has 3 rings (SSSR count). The largest absolute Gasteiger partial charge is 0.493 e. The van der Waals surface area contributed by atoms with Crippen molar-refractivity contribution < 1.29 is 23.8 Å². The van der Waals surface area contributed by atoms with Crippen LogP contribution in [0.3, 0.4) is 0 Å². The lowest BCUT2D eigenvalue weighted by Gasteiger charge is -2.11. The van der Waals surface area contributed by atoms with Crippen molar-refractivity contribution in [1.29, 1.82) is 5.41 Å². The van der Waals surface area contributed by atoms with Gasteiger partial charge in [0.2, 0.25) is 0 Å². The molecule has 30 heavy (non-hydrogen) atoms. The molecular formula is C20H21N3O5S2. The summed E-state index contributed by atoms with van der Waals surface area (Å²) >= 11 is 2.49. The van der Waals surface area contributed by atoms with E-state index in [-0.39, 0.29) is 24.0 Å². The van der Waals surface area contributed by atoms with Crippen LogP contribution >= 0.6 is 23.1 Å². The Hall–Kier alpha value is -2.72. The standard InChI is InChI=1S/C20H21N3O5S2/c1-4-15-22-23-20(30-15)17-18(25)14(29-19(17)21)9-11-6-7-12(13(8-11)26-3)28-10-16(24)27-5-2/h6-9,17,21H,4-5,10H2,1-3H3/b14-9-,21-19?/t17-/m0/s1. The zero-order valence-corrected chi connectivity index (χ0v) is 18.4. The number of hydrogen-bond donors (Lipinski definition) is 1. The summed E-state index contributed by atoms with van der Waals surface area (Å²) in [7, 11) is 1.49. The van der Waals surface area contributed by atoms with Gasteiger partial charge < -0.3 is 14.2 Å². The molecule has 1 aliphatic heterocycles. The summed E-state index contributed by atoms with van der Waals surface area (Å²) in [5.74, 6) is -0.498. The van der Waals surface area contributed by atoms with Crippen molar-refractivity contribution in [2.75, 3.05) is 20.3 Å². The van der Waals surface area contributed by atoms with E-state index in [1.807, 2.05) is 6.92 Å². The normalized spacial score (nSPS) is 17.4. The van der Waals surface area contributed by atoms with E-state index in [2.05, 4.69) is 10.2 Å². The van der Waals surface area contributed by atoms with Gasteiger partial charge in [0.15, 0.2) is 23.9 Å². The monoisotopic (exact) mass is 447 g/mol. The molecule has 2 aromatic rings. The zero-order chi connectivity index (χ0) is 21.7. The summed E-state index contributed by atoms with van der Waals surface area (Å²) in [4.78, 5) is 24.8. The molecule has 1 fully saturated rings. The molecular weight excluding hydrogens is 426 g/mol. The second-order valence-corrected chi connectivity index (χ2v) is 8.34. The molecule has 1 aromatic heterocycles. The first-order valence-electron chi connectivity index (χ1n) is 9.27. The van der Waals surface area contributed by atoms with E-state index in [0.29, 0.717) is 27.0 Å². The quantitative estimate of drug-likeness (QED) is 0.484. The lowest BCUT2D eigenvalue weighted by atomic mass is 10.1. The van der Waals surface area contributed by atoms with E-state index in [1.54, 1.807) is 31.2 Å². The number of nitrogens with one attached hydrogen (secondary N) is 1. The lowest BCUT2D eigenvalue weighted by Crippen LogP contribution is -2.14. The highest BCUT2D eigenvalue weighted by Gasteiger charge is 2.39. The molecule has 1 atom stereocenters. The van der Waals surface area contributed by atoms with Crippen molar-refractivity contribution in [1.82, 2.24) is 10.2 Å². The predicted molar refractivity (Wildman–Crippen MR) is 115 cm³/mol. The molecule has 2 heterocycles. The van der Waals surface area contributed by atoms with Gasteiger partial charge in [0.05, 0.1) is 23.7 Å². The van der Waals surface area contributed by atoms with E-state index < -0.39 is 11.9 Å². The van der Waals surface area contributed by atoms with Gasteiger partial charge in [-0.25, -0.2) is 4.79 Å². The topological polar surface area (TPSA) is 111 Å². The lowest BCUT2D eigenvalue weighted by molar-refractivity contribution is -0.145. The third-order valence-electron chi connectivity index (χ3n) is 4.16. The van der Waals surface area contributed by atoms with Crippen molar-refractivity contribution >= 4 is 46.0 Å². The number of carbonyl (C=O) groups excluding carboxylic acids is 2. The maximum Gasteiger partial charge on any atom is 0.344 e. The van der Waals surface area contributed by atoms with Gasteiger partial charge in [0.25, 0.3) is 0 Å². The molecule has 0 radical (unpaired) electrons. The number of thioether (sulfide) groups is 1. The van der Waals surface area contributed by atoms with E-state index >= 15 is 0 Å². The van der Waals surface area contributed by atoms with Gasteiger partial charge >= 0.3 is 5.97 Å². The Labute approximate surface area is 182 Å². The minimum Gasteiger partial charge on any atom is -0.493 e. The number of ether oxygens (including phenoxy) is 3. The number of ketones is 1. The van der Waals surface area contributed by atoms with Crippen LogP contribution in [0.1, 0.15) is 35.3 Å². The molecule has 8 nitrogen and oxygen atoms in total. The molecule has 1 aromatic carbocycles. The van der Waals surface area contributed by atoms with Crippen molar-refractivity contribution in [3.8, 4) is 11.5 Å². The average molecular weight is 448 g/mol. The van der Waals surface area contributed by atoms with Gasteiger partial charge in [-0.15, -0.1) is 21.5 Å². The second-order valence-electron chi connectivity index (χ2n) is 6.16. The number of carbonyl (C=O) groups is 2. The van der Waals surface area contributed by atoms with Crippen LogP contribution in [-0.4, -0.2) is 47.3 Å². The van der Waals surface area contributed by atoms with Crippen LogP contribution in [0.2, 0.25) is 0 Å². The molecule has 0 saturated carbocycles. The van der Waals surface area contributed by atoms with Gasteiger partial charge in [-0.3, -0.25) is 10.2 Å². The fourth-order valence-corrected chi connectivity index (χ4v) is 4.68. The van der Waals surface area contributed by atoms with Gasteiger partial charge in [-0.05, 0) is 37.1 Å². The fourth-order valence-electron chi connectivity index (χ4n) is 2.72. The molecule has 0 spiro atoms. The van der Waals surface area contributed by atoms with Crippen molar-refractivity contribution in [3.05, 3.63) is 38.7 Å². The number of hydrogen-bond acceptors (Lipinski definition) is 10. The van der Waals surface area contributed by atoms with Crippen LogP contribution in [0.15, 0.2) is 23.1 Å². The number of rotatable bonds is 8. The molecule has 1 saturated heterocycles. The number of benzene rings is 1. The van der Waals surface area contributed by atoms with Gasteiger partial charge in [0, 0.05) is 0 Å². The van der Waals surface area contributed by atoms with E-state index in [1.165, 1.54) is 18.4 Å². The number of esters is 1. The number of nitrogens with zero attached hydrogens (tertiary/aromatic N) is 2. The molecule has 0 unspecified atom stereocenters. The van der Waals surface area contributed by atoms with E-state index in [0.717, 1.165) is 23.2 Å². The number of allylic oxidation sites excluding steroid dienone is 1. The minimum atomic E-state index is -0.687. The maximum absolute atomic E-state index is 12.9. The molecule has 1 N–H and O–H groups in total. The third-order valence-corrected chi connectivity index (χ3v) is 6.28. The number of aromatic nitrogens is 2. The fraction of sp³-hybridized carbons (Fsp3) is 0.350. The Morgan fingerprint density at radius 3 is 2.73 bits per heavy atom. The minimum absolute atomic E-state index is 0.162. The molecule has 10 heteroatoms. The van der Waals surface area contributed by atoms with Crippen LogP contribution in [-0.2, 0) is 20.7 Å². The van der Waals surface area contributed by atoms with E-state index in [4.69, 9.17) is 19.6 Å². The molecule has 0 bridgehead atoms. The summed E-state index contributed by atoms with van der Waals surface area (Å²) < 4.78 is 15.6. The molecule has 0 amide bonds. The van der Waals surface area contributed by atoms with Crippen LogP contribution in [0.5, 0.6) is 11.5 Å². The van der Waals surface area contributed by atoms with Crippen molar-refractivity contribution in [2.24, 2.45) is 0 Å². The Balaban J connectivity index is 1.78. The van der Waals surface area contributed by atoms with Crippen molar-refractivity contribution in [2.45, 2.75) is 26.2 Å². The highest BCUT2D eigenvalue weighted by atomic mass is 32.2. The van der Waals surface area contributed by atoms with Crippen LogP contribution < -0.4 is 9.47 Å². The highest BCUT2D eigenvalue weighted by molar-refractivity contribution is 8.19. The molecule has 1 aliphatic rings. The number of Topliss-reactive ketones (excluding diaryl/α,β-unsaturated/α-hetero) is 1. The Bertz CT molecular complexity index is 1000. The molecule has 158 valence electrons. The summed E-state index contributed by atoms with van der Waals surface area (Å²) in [5.41, 5.74) is 0.714. The van der Waals surface area contributed by atoms with Gasteiger partial charge in [-0.2, -0.15) is 0 Å². The second kappa shape index (κ2) is 9.86. The molecule has 0 aliphatic carbocycles. The first kappa shape index (κ1) is 22.0.